The van der Waals surface area contributed by atoms with Gasteiger partial charge in [0, 0.05) is 12.0 Å². The number of hydrogen-bond acceptors (Lipinski definition) is 4. The predicted molar refractivity (Wildman–Crippen MR) is 78.1 cm³/mol. The molecule has 0 fully saturated rings. The Kier molecular flexibility index (Phi) is 4.93. The number of esters is 1. The molecular formula is C15H16ClNO3. The predicted octanol–water partition coefficient (Wildman–Crippen LogP) is 3.47. The lowest BCUT2D eigenvalue weighted by Crippen LogP contribution is -2.21. The second-order valence-corrected chi connectivity index (χ2v) is 4.75. The van der Waals surface area contributed by atoms with Crippen molar-refractivity contribution in [3.63, 3.8) is 0 Å². The number of rotatable bonds is 5. The van der Waals surface area contributed by atoms with Crippen LogP contribution in [0.5, 0.6) is 0 Å². The van der Waals surface area contributed by atoms with Gasteiger partial charge in [0.1, 0.15) is 11.3 Å². The minimum atomic E-state index is -0.496. The first-order valence-electron chi connectivity index (χ1n) is 6.45. The highest BCUT2D eigenvalue weighted by Gasteiger charge is 2.15. The van der Waals surface area contributed by atoms with Crippen molar-refractivity contribution in [2.24, 2.45) is 0 Å². The van der Waals surface area contributed by atoms with Gasteiger partial charge in [-0.1, -0.05) is 35.9 Å². The lowest BCUT2D eigenvalue weighted by Gasteiger charge is -2.13. The van der Waals surface area contributed by atoms with E-state index < -0.39 is 5.97 Å². The highest BCUT2D eigenvalue weighted by molar-refractivity contribution is 6.34. The van der Waals surface area contributed by atoms with Crippen molar-refractivity contribution >= 4 is 28.3 Å². The minimum absolute atomic E-state index is 0.206. The summed E-state index contributed by atoms with van der Waals surface area (Å²) in [6.45, 7) is 4.61. The summed E-state index contributed by atoms with van der Waals surface area (Å²) in [6.07, 6.45) is -0.325. The van der Waals surface area contributed by atoms with Gasteiger partial charge >= 0.3 is 5.97 Å². The van der Waals surface area contributed by atoms with E-state index in [0.29, 0.717) is 18.4 Å². The van der Waals surface area contributed by atoms with E-state index in [1.165, 1.54) is 0 Å². The zero-order valence-electron chi connectivity index (χ0n) is 11.4. The summed E-state index contributed by atoms with van der Waals surface area (Å²) in [6, 6.07) is 9.17. The fourth-order valence-corrected chi connectivity index (χ4v) is 2.08. The monoisotopic (exact) mass is 293 g/mol. The smallest absolute Gasteiger partial charge is 0.357 e. The summed E-state index contributed by atoms with van der Waals surface area (Å²) in [5, 5.41) is 1.97. The number of fused-ring (bicyclic) bond motifs is 1. The molecular weight excluding hydrogens is 278 g/mol. The van der Waals surface area contributed by atoms with Crippen LogP contribution in [0.4, 0.5) is 0 Å². The number of nitrogens with zero attached hydrogens (tertiary/aromatic N) is 1. The van der Waals surface area contributed by atoms with Gasteiger partial charge in [0.15, 0.2) is 5.69 Å². The van der Waals surface area contributed by atoms with Crippen LogP contribution < -0.4 is 0 Å². The first-order valence-corrected chi connectivity index (χ1v) is 6.83. The third-order valence-corrected chi connectivity index (χ3v) is 3.06. The highest BCUT2D eigenvalue weighted by atomic mass is 35.5. The average Bonchev–Trinajstić information content (AvgIpc) is 2.45. The summed E-state index contributed by atoms with van der Waals surface area (Å²) >= 11 is 6.08. The van der Waals surface area contributed by atoms with E-state index in [1.54, 1.807) is 13.0 Å². The Labute approximate surface area is 122 Å². The minimum Gasteiger partial charge on any atom is -0.455 e. The van der Waals surface area contributed by atoms with Crippen molar-refractivity contribution in [1.82, 2.24) is 4.98 Å². The van der Waals surface area contributed by atoms with E-state index >= 15 is 0 Å². The molecule has 5 heteroatoms. The van der Waals surface area contributed by atoms with Crippen LogP contribution in [0.3, 0.4) is 0 Å². The first kappa shape index (κ1) is 14.8. The van der Waals surface area contributed by atoms with Crippen molar-refractivity contribution < 1.29 is 14.3 Å². The Morgan fingerprint density at radius 1 is 1.40 bits per heavy atom. The highest BCUT2D eigenvalue weighted by Crippen LogP contribution is 2.22. The second-order valence-electron chi connectivity index (χ2n) is 4.39. The SMILES string of the molecule is CCOCC(C)OC(=O)c1cc2ccccc2c(Cl)n1. The molecule has 0 amide bonds. The molecule has 4 nitrogen and oxygen atoms in total. The van der Waals surface area contributed by atoms with E-state index in [-0.39, 0.29) is 11.8 Å². The largest absolute Gasteiger partial charge is 0.455 e. The summed E-state index contributed by atoms with van der Waals surface area (Å²) in [7, 11) is 0. The Bertz CT molecular complexity index is 615. The zero-order valence-corrected chi connectivity index (χ0v) is 12.2. The topological polar surface area (TPSA) is 48.4 Å². The molecule has 1 heterocycles. The van der Waals surface area contributed by atoms with Crippen LogP contribution in [-0.2, 0) is 9.47 Å². The number of carbonyl (C=O) groups excluding carboxylic acids is 1. The number of pyridine rings is 1. The van der Waals surface area contributed by atoms with Gasteiger partial charge in [0.05, 0.1) is 6.61 Å². The Balaban J connectivity index is 2.18. The van der Waals surface area contributed by atoms with Crippen LogP contribution in [0.1, 0.15) is 24.3 Å². The lowest BCUT2D eigenvalue weighted by atomic mass is 10.1. The van der Waals surface area contributed by atoms with E-state index in [4.69, 9.17) is 21.1 Å². The van der Waals surface area contributed by atoms with Crippen molar-refractivity contribution in [3.05, 3.63) is 41.2 Å². The molecule has 1 unspecified atom stereocenters. The number of carbonyl (C=O) groups is 1. The standard InChI is InChI=1S/C15H16ClNO3/c1-3-19-9-10(2)20-15(18)13-8-11-6-4-5-7-12(11)14(16)17-13/h4-8,10H,3,9H2,1-2H3. The number of hydrogen-bond donors (Lipinski definition) is 0. The molecule has 20 heavy (non-hydrogen) atoms. The van der Waals surface area contributed by atoms with Crippen molar-refractivity contribution in [1.29, 1.82) is 0 Å². The molecule has 106 valence electrons. The maximum atomic E-state index is 12.0. The van der Waals surface area contributed by atoms with Crippen LogP contribution in [-0.4, -0.2) is 30.3 Å². The number of aromatic nitrogens is 1. The van der Waals surface area contributed by atoms with Crippen molar-refractivity contribution in [2.75, 3.05) is 13.2 Å². The molecule has 0 aliphatic carbocycles. The van der Waals surface area contributed by atoms with Gasteiger partial charge in [0.25, 0.3) is 0 Å². The third kappa shape index (κ3) is 3.46. The summed E-state index contributed by atoms with van der Waals surface area (Å²) in [4.78, 5) is 16.1. The van der Waals surface area contributed by atoms with Gasteiger partial charge in [-0.15, -0.1) is 0 Å². The number of ether oxygens (including phenoxy) is 2. The van der Waals surface area contributed by atoms with Gasteiger partial charge in [-0.25, -0.2) is 9.78 Å². The van der Waals surface area contributed by atoms with Gasteiger partial charge in [0.2, 0.25) is 0 Å². The second kappa shape index (κ2) is 6.68. The lowest BCUT2D eigenvalue weighted by molar-refractivity contribution is 0.00389. The van der Waals surface area contributed by atoms with Crippen LogP contribution in [0.2, 0.25) is 5.15 Å². The van der Waals surface area contributed by atoms with Gasteiger partial charge in [-0.3, -0.25) is 0 Å². The van der Waals surface area contributed by atoms with Crippen molar-refractivity contribution in [2.45, 2.75) is 20.0 Å². The van der Waals surface area contributed by atoms with Crippen LogP contribution in [0.15, 0.2) is 30.3 Å². The molecule has 0 radical (unpaired) electrons. The van der Waals surface area contributed by atoms with Gasteiger partial charge < -0.3 is 9.47 Å². The Hall–Kier alpha value is -1.65. The van der Waals surface area contributed by atoms with Crippen LogP contribution in [0.25, 0.3) is 10.8 Å². The van der Waals surface area contributed by atoms with E-state index in [9.17, 15) is 4.79 Å². The number of benzene rings is 1. The summed E-state index contributed by atoms with van der Waals surface area (Å²) in [5.41, 5.74) is 0.206. The first-order chi connectivity index (χ1) is 9.61. The fourth-order valence-electron chi connectivity index (χ4n) is 1.82. The molecule has 0 saturated heterocycles. The summed E-state index contributed by atoms with van der Waals surface area (Å²) < 4.78 is 10.5. The van der Waals surface area contributed by atoms with E-state index in [0.717, 1.165) is 10.8 Å². The molecule has 0 N–H and O–H groups in total. The normalized spacial score (nSPS) is 12.3. The quantitative estimate of drug-likeness (QED) is 0.625. The molecule has 2 rings (SSSR count). The molecule has 1 aromatic carbocycles. The van der Waals surface area contributed by atoms with Crippen LogP contribution in [0, 0.1) is 0 Å². The molecule has 0 aliphatic heterocycles. The number of halogens is 1. The maximum absolute atomic E-state index is 12.0. The molecule has 1 aromatic heterocycles. The third-order valence-electron chi connectivity index (χ3n) is 2.77. The van der Waals surface area contributed by atoms with Gasteiger partial charge in [-0.2, -0.15) is 0 Å². The summed E-state index contributed by atoms with van der Waals surface area (Å²) in [5.74, 6) is -0.496. The molecule has 0 bridgehead atoms. The molecule has 1 atom stereocenters. The molecule has 0 aliphatic rings. The van der Waals surface area contributed by atoms with Gasteiger partial charge in [-0.05, 0) is 25.3 Å². The van der Waals surface area contributed by atoms with Crippen LogP contribution >= 0.6 is 11.6 Å². The molecule has 0 spiro atoms. The van der Waals surface area contributed by atoms with E-state index in [2.05, 4.69) is 4.98 Å². The van der Waals surface area contributed by atoms with E-state index in [1.807, 2.05) is 31.2 Å². The molecule has 0 saturated carbocycles. The zero-order chi connectivity index (χ0) is 14.5. The fraction of sp³-hybridized carbons (Fsp3) is 0.333. The van der Waals surface area contributed by atoms with Crippen molar-refractivity contribution in [3.8, 4) is 0 Å². The Morgan fingerprint density at radius 2 is 2.15 bits per heavy atom. The average molecular weight is 294 g/mol. The molecule has 2 aromatic rings. The maximum Gasteiger partial charge on any atom is 0.357 e. The Morgan fingerprint density at radius 3 is 2.90 bits per heavy atom.